The molecule has 0 spiro atoms. The summed E-state index contributed by atoms with van der Waals surface area (Å²) in [4.78, 5) is 25.1. The number of benzene rings is 3. The molecule has 0 aliphatic carbocycles. The van der Waals surface area contributed by atoms with E-state index < -0.39 is 52.3 Å². The summed E-state index contributed by atoms with van der Waals surface area (Å²) in [5, 5.41) is 0.0749. The maximum absolute atomic E-state index is 13.8. The largest absolute Gasteiger partial charge is 0.497 e. The summed E-state index contributed by atoms with van der Waals surface area (Å²) in [6, 6.07) is 10.2. The number of ether oxygens (including phenoxy) is 4. The lowest BCUT2D eigenvalue weighted by Crippen LogP contribution is -2.29. The van der Waals surface area contributed by atoms with E-state index in [-0.39, 0.29) is 22.5 Å². The molecule has 37 heavy (non-hydrogen) atoms. The molecule has 1 atom stereocenters. The predicted molar refractivity (Wildman–Crippen MR) is 118 cm³/mol. The number of carbonyl (C=O) groups is 1. The molecule has 0 radical (unpaired) electrons. The molecular formula is C25H15F5O7. The van der Waals surface area contributed by atoms with Crippen LogP contribution in [0.15, 0.2) is 57.9 Å². The average molecular weight is 522 g/mol. The van der Waals surface area contributed by atoms with Crippen molar-refractivity contribution >= 4 is 16.9 Å². The number of hydrogen-bond acceptors (Lipinski definition) is 7. The summed E-state index contributed by atoms with van der Waals surface area (Å²) in [6.45, 7) is 0.976. The van der Waals surface area contributed by atoms with Crippen LogP contribution in [0, 0.1) is 29.1 Å². The zero-order valence-electron chi connectivity index (χ0n) is 18.9. The molecule has 7 nitrogen and oxygen atoms in total. The van der Waals surface area contributed by atoms with Gasteiger partial charge in [0.1, 0.15) is 29.1 Å². The molecular weight excluding hydrogens is 507 g/mol. The minimum absolute atomic E-state index is 0.00151. The van der Waals surface area contributed by atoms with Gasteiger partial charge in [0, 0.05) is 12.1 Å². The number of methoxy groups -OCH3 is 1. The molecule has 12 heteroatoms. The number of fused-ring (bicyclic) bond motifs is 1. The third-order valence-electron chi connectivity index (χ3n) is 5.00. The molecule has 0 aliphatic heterocycles. The average Bonchev–Trinajstić information content (AvgIpc) is 2.90. The highest BCUT2D eigenvalue weighted by molar-refractivity contribution is 5.82. The fourth-order valence-corrected chi connectivity index (χ4v) is 3.13. The van der Waals surface area contributed by atoms with Gasteiger partial charge in [-0.2, -0.15) is 8.78 Å². The van der Waals surface area contributed by atoms with Gasteiger partial charge >= 0.3 is 5.97 Å². The summed E-state index contributed by atoms with van der Waals surface area (Å²) < 4.78 is 93.3. The van der Waals surface area contributed by atoms with E-state index in [2.05, 4.69) is 4.74 Å². The molecule has 0 saturated heterocycles. The van der Waals surface area contributed by atoms with Crippen LogP contribution in [-0.2, 0) is 4.79 Å². The lowest BCUT2D eigenvalue weighted by molar-refractivity contribution is -0.141. The number of rotatable bonds is 7. The van der Waals surface area contributed by atoms with Gasteiger partial charge in [0.2, 0.25) is 40.3 Å². The summed E-state index contributed by atoms with van der Waals surface area (Å²) in [7, 11) is 1.47. The lowest BCUT2D eigenvalue weighted by atomic mass is 10.2. The summed E-state index contributed by atoms with van der Waals surface area (Å²) >= 11 is 0. The van der Waals surface area contributed by atoms with Crippen LogP contribution < -0.4 is 24.4 Å². The first-order valence-electron chi connectivity index (χ1n) is 10.4. The number of halogens is 5. The Bertz CT molecular complexity index is 1540. The second-order valence-electron chi connectivity index (χ2n) is 7.45. The molecule has 1 unspecified atom stereocenters. The molecule has 0 bridgehead atoms. The topological polar surface area (TPSA) is 84.2 Å². The van der Waals surface area contributed by atoms with Crippen molar-refractivity contribution in [2.45, 2.75) is 13.0 Å². The monoisotopic (exact) mass is 522 g/mol. The van der Waals surface area contributed by atoms with E-state index in [0.717, 1.165) is 13.2 Å². The summed E-state index contributed by atoms with van der Waals surface area (Å²) in [6.07, 6.45) is -0.736. The molecule has 0 saturated carbocycles. The quantitative estimate of drug-likeness (QED) is 0.102. The van der Waals surface area contributed by atoms with Crippen molar-refractivity contribution in [2.75, 3.05) is 7.11 Å². The van der Waals surface area contributed by atoms with Crippen LogP contribution in [0.4, 0.5) is 22.0 Å². The number of esters is 1. The molecule has 0 aliphatic rings. The molecule has 0 N–H and O–H groups in total. The highest BCUT2D eigenvalue weighted by atomic mass is 19.2. The Morgan fingerprint density at radius 1 is 0.865 bits per heavy atom. The van der Waals surface area contributed by atoms with E-state index >= 15 is 0 Å². The Morgan fingerprint density at radius 3 is 2.19 bits per heavy atom. The first-order chi connectivity index (χ1) is 17.6. The van der Waals surface area contributed by atoms with Gasteiger partial charge in [-0.15, -0.1) is 0 Å². The lowest BCUT2D eigenvalue weighted by Gasteiger charge is -2.15. The van der Waals surface area contributed by atoms with E-state index in [4.69, 9.17) is 18.6 Å². The predicted octanol–water partition coefficient (Wildman–Crippen LogP) is 5.66. The molecule has 3 aromatic carbocycles. The van der Waals surface area contributed by atoms with Gasteiger partial charge in [-0.1, -0.05) is 6.07 Å². The minimum Gasteiger partial charge on any atom is -0.497 e. The number of hydrogen-bond donors (Lipinski definition) is 0. The van der Waals surface area contributed by atoms with Crippen molar-refractivity contribution in [1.29, 1.82) is 0 Å². The SMILES string of the molecule is COc1cccc(Oc2coc3cc(OC(=O)C(C)Oc4c(F)c(F)c(F)c(F)c4F)ccc3c2=O)c1. The molecule has 4 aromatic rings. The van der Waals surface area contributed by atoms with Crippen molar-refractivity contribution in [3.05, 3.63) is 88.0 Å². The van der Waals surface area contributed by atoms with Crippen molar-refractivity contribution in [1.82, 2.24) is 0 Å². The van der Waals surface area contributed by atoms with Gasteiger partial charge in [-0.05, 0) is 31.2 Å². The molecule has 4 rings (SSSR count). The third kappa shape index (κ3) is 5.03. The number of carbonyl (C=O) groups excluding carboxylic acids is 1. The highest BCUT2D eigenvalue weighted by Crippen LogP contribution is 2.30. The first kappa shape index (κ1) is 25.5. The molecule has 0 amide bonds. The van der Waals surface area contributed by atoms with E-state index in [0.29, 0.717) is 11.5 Å². The Kier molecular flexibility index (Phi) is 7.00. The highest BCUT2D eigenvalue weighted by Gasteiger charge is 2.30. The first-order valence-corrected chi connectivity index (χ1v) is 10.4. The Balaban J connectivity index is 1.52. The zero-order chi connectivity index (χ0) is 26.9. The second kappa shape index (κ2) is 10.2. The zero-order valence-corrected chi connectivity index (χ0v) is 18.9. The van der Waals surface area contributed by atoms with E-state index in [1.807, 2.05) is 0 Å². The van der Waals surface area contributed by atoms with Gasteiger partial charge in [0.25, 0.3) is 0 Å². The summed E-state index contributed by atoms with van der Waals surface area (Å²) in [5.74, 6) is -13.6. The van der Waals surface area contributed by atoms with Crippen molar-refractivity contribution in [2.24, 2.45) is 0 Å². The second-order valence-corrected chi connectivity index (χ2v) is 7.45. The van der Waals surface area contributed by atoms with Gasteiger partial charge < -0.3 is 23.4 Å². The van der Waals surface area contributed by atoms with Crippen LogP contribution in [0.2, 0.25) is 0 Å². The van der Waals surface area contributed by atoms with Crippen LogP contribution in [0.1, 0.15) is 6.92 Å². The standard InChI is InChI=1S/C25H15F5O7/c1-11(35-24-21(29)19(27)18(26)20(28)22(24)30)25(32)37-14-6-7-15-16(9-14)34-10-17(23(15)31)36-13-5-3-4-12(8-13)33-2/h3-11H,1-2H3. The van der Waals surface area contributed by atoms with Gasteiger partial charge in [-0.3, -0.25) is 4.79 Å². The van der Waals surface area contributed by atoms with Gasteiger partial charge in [0.05, 0.1) is 12.5 Å². The fourth-order valence-electron chi connectivity index (χ4n) is 3.13. The molecule has 1 aromatic heterocycles. The van der Waals surface area contributed by atoms with E-state index in [9.17, 15) is 31.5 Å². The normalized spacial score (nSPS) is 11.8. The van der Waals surface area contributed by atoms with Crippen LogP contribution in [-0.4, -0.2) is 19.2 Å². The third-order valence-corrected chi connectivity index (χ3v) is 5.00. The van der Waals surface area contributed by atoms with Crippen molar-refractivity contribution in [3.8, 4) is 28.7 Å². The van der Waals surface area contributed by atoms with E-state index in [1.165, 1.54) is 25.3 Å². The fraction of sp³-hybridized carbons (Fsp3) is 0.120. The maximum Gasteiger partial charge on any atom is 0.352 e. The Morgan fingerprint density at radius 2 is 1.51 bits per heavy atom. The van der Waals surface area contributed by atoms with Crippen LogP contribution in [0.5, 0.6) is 28.7 Å². The Labute approximate surface area is 204 Å². The molecule has 0 fully saturated rings. The smallest absolute Gasteiger partial charge is 0.352 e. The van der Waals surface area contributed by atoms with E-state index in [1.54, 1.807) is 24.3 Å². The van der Waals surface area contributed by atoms with Crippen LogP contribution in [0.3, 0.4) is 0 Å². The Hall–Kier alpha value is -4.61. The van der Waals surface area contributed by atoms with Crippen LogP contribution in [0.25, 0.3) is 11.0 Å². The van der Waals surface area contributed by atoms with Crippen molar-refractivity contribution in [3.63, 3.8) is 0 Å². The van der Waals surface area contributed by atoms with Crippen molar-refractivity contribution < 1.29 is 50.1 Å². The maximum atomic E-state index is 13.8. The van der Waals surface area contributed by atoms with Gasteiger partial charge in [0.15, 0.2) is 11.9 Å². The molecule has 192 valence electrons. The minimum atomic E-state index is -2.37. The van der Waals surface area contributed by atoms with Gasteiger partial charge in [-0.25, -0.2) is 18.0 Å². The van der Waals surface area contributed by atoms with Crippen LogP contribution >= 0.6 is 0 Å². The molecule has 1 heterocycles. The summed E-state index contributed by atoms with van der Waals surface area (Å²) in [5.41, 5.74) is -0.536.